The predicted octanol–water partition coefficient (Wildman–Crippen LogP) is 1.39. The van der Waals surface area contributed by atoms with Gasteiger partial charge in [0, 0.05) is 0 Å². The highest BCUT2D eigenvalue weighted by Crippen LogP contribution is 2.30. The maximum Gasteiger partial charge on any atom is 0.308 e. The van der Waals surface area contributed by atoms with E-state index in [0.717, 1.165) is 0 Å². The van der Waals surface area contributed by atoms with Crippen molar-refractivity contribution >= 4 is 5.97 Å². The number of hydrogen-bond acceptors (Lipinski definition) is 5. The van der Waals surface area contributed by atoms with E-state index in [4.69, 9.17) is 4.74 Å². The number of phenols is 1. The van der Waals surface area contributed by atoms with Gasteiger partial charge in [-0.15, -0.1) is 0 Å². The molecule has 0 fully saturated rings. The third-order valence-corrected chi connectivity index (χ3v) is 2.26. The molecule has 0 bridgehead atoms. The van der Waals surface area contributed by atoms with E-state index >= 15 is 0 Å². The molecule has 0 amide bonds. The molecule has 0 saturated carbocycles. The van der Waals surface area contributed by atoms with Crippen molar-refractivity contribution in [2.24, 2.45) is 0 Å². The second-order valence-corrected chi connectivity index (χ2v) is 3.46. The molecule has 1 aromatic rings. The fourth-order valence-corrected chi connectivity index (χ4v) is 1.37. The number of benzene rings is 1. The lowest BCUT2D eigenvalue weighted by atomic mass is 10.1. The van der Waals surface area contributed by atoms with Crippen LogP contribution in [-0.4, -0.2) is 29.9 Å². The van der Waals surface area contributed by atoms with E-state index in [9.17, 15) is 15.0 Å². The van der Waals surface area contributed by atoms with Crippen molar-refractivity contribution in [2.45, 2.75) is 19.4 Å². The largest absolute Gasteiger partial charge is 0.504 e. The topological polar surface area (TPSA) is 76.0 Å². The summed E-state index contributed by atoms with van der Waals surface area (Å²) in [5.74, 6) is -0.210. The van der Waals surface area contributed by atoms with Gasteiger partial charge in [0.25, 0.3) is 0 Å². The third-order valence-electron chi connectivity index (χ3n) is 2.26. The summed E-state index contributed by atoms with van der Waals surface area (Å²) in [6.45, 7) is 2.20. The second-order valence-electron chi connectivity index (χ2n) is 3.46. The van der Waals surface area contributed by atoms with Gasteiger partial charge in [-0.3, -0.25) is 4.79 Å². The van der Waals surface area contributed by atoms with Gasteiger partial charge in [-0.2, -0.15) is 0 Å². The van der Waals surface area contributed by atoms with E-state index in [1.54, 1.807) is 6.92 Å². The standard InChI is InChI=1S/C12H16O5/c1-3-17-11-6-8(4-5-9(11)13)10(14)7-12(15)16-2/h4-6,10,13-14H,3,7H2,1-2H3/t10-/m1/s1. The lowest BCUT2D eigenvalue weighted by Gasteiger charge is -2.12. The van der Waals surface area contributed by atoms with Crippen LogP contribution in [0.5, 0.6) is 11.5 Å². The molecule has 0 saturated heterocycles. The van der Waals surface area contributed by atoms with Crippen LogP contribution in [0.1, 0.15) is 25.0 Å². The molecule has 2 N–H and O–H groups in total. The molecular formula is C12H16O5. The summed E-state index contributed by atoms with van der Waals surface area (Å²) in [6.07, 6.45) is -1.10. The first kappa shape index (κ1) is 13.3. The summed E-state index contributed by atoms with van der Waals surface area (Å²) >= 11 is 0. The molecule has 0 unspecified atom stereocenters. The minimum Gasteiger partial charge on any atom is -0.504 e. The molecule has 0 aliphatic carbocycles. The van der Waals surface area contributed by atoms with Crippen molar-refractivity contribution in [3.8, 4) is 11.5 Å². The van der Waals surface area contributed by atoms with Gasteiger partial charge in [-0.1, -0.05) is 6.07 Å². The molecule has 0 heterocycles. The van der Waals surface area contributed by atoms with Crippen molar-refractivity contribution in [1.29, 1.82) is 0 Å². The number of carbonyl (C=O) groups excluding carboxylic acids is 1. The van der Waals surface area contributed by atoms with Gasteiger partial charge in [-0.05, 0) is 24.6 Å². The number of aromatic hydroxyl groups is 1. The smallest absolute Gasteiger partial charge is 0.308 e. The van der Waals surface area contributed by atoms with Crippen molar-refractivity contribution in [2.75, 3.05) is 13.7 Å². The van der Waals surface area contributed by atoms with Crippen molar-refractivity contribution in [1.82, 2.24) is 0 Å². The fourth-order valence-electron chi connectivity index (χ4n) is 1.37. The van der Waals surface area contributed by atoms with Gasteiger partial charge in [-0.25, -0.2) is 0 Å². The molecule has 0 spiro atoms. The summed E-state index contributed by atoms with van der Waals surface area (Å²) in [5, 5.41) is 19.2. The quantitative estimate of drug-likeness (QED) is 0.760. The van der Waals surface area contributed by atoms with Gasteiger partial charge in [0.1, 0.15) is 0 Å². The van der Waals surface area contributed by atoms with Gasteiger partial charge in [0.2, 0.25) is 0 Å². The van der Waals surface area contributed by atoms with Crippen LogP contribution in [0.15, 0.2) is 18.2 Å². The summed E-state index contributed by atoms with van der Waals surface area (Å²) in [7, 11) is 1.26. The molecule has 0 aromatic heterocycles. The highest BCUT2D eigenvalue weighted by molar-refractivity contribution is 5.70. The summed E-state index contributed by atoms with van der Waals surface area (Å²) in [6, 6.07) is 4.46. The molecule has 1 atom stereocenters. The molecule has 5 nitrogen and oxygen atoms in total. The Bertz CT molecular complexity index is 388. The Balaban J connectivity index is 2.83. The van der Waals surface area contributed by atoms with Crippen LogP contribution >= 0.6 is 0 Å². The maximum atomic E-state index is 11.0. The molecular weight excluding hydrogens is 224 g/mol. The van der Waals surface area contributed by atoms with Gasteiger partial charge in [0.15, 0.2) is 11.5 Å². The number of carbonyl (C=O) groups is 1. The van der Waals surface area contributed by atoms with Crippen LogP contribution in [0.2, 0.25) is 0 Å². The molecule has 1 aromatic carbocycles. The van der Waals surface area contributed by atoms with Crippen LogP contribution < -0.4 is 4.74 Å². The van der Waals surface area contributed by atoms with E-state index < -0.39 is 12.1 Å². The SMILES string of the molecule is CCOc1cc([C@H](O)CC(=O)OC)ccc1O. The van der Waals surface area contributed by atoms with E-state index in [-0.39, 0.29) is 17.9 Å². The Hall–Kier alpha value is -1.75. The molecule has 94 valence electrons. The van der Waals surface area contributed by atoms with Gasteiger partial charge in [0.05, 0.1) is 26.2 Å². The van der Waals surface area contributed by atoms with Crippen LogP contribution in [0.3, 0.4) is 0 Å². The molecule has 0 aliphatic heterocycles. The van der Waals surface area contributed by atoms with Crippen LogP contribution in [-0.2, 0) is 9.53 Å². The fraction of sp³-hybridized carbons (Fsp3) is 0.417. The molecule has 0 radical (unpaired) electrons. The lowest BCUT2D eigenvalue weighted by Crippen LogP contribution is -2.08. The molecule has 5 heteroatoms. The molecule has 17 heavy (non-hydrogen) atoms. The number of esters is 1. The average molecular weight is 240 g/mol. The number of aliphatic hydroxyl groups is 1. The van der Waals surface area contributed by atoms with E-state index in [1.807, 2.05) is 0 Å². The summed E-state index contributed by atoms with van der Waals surface area (Å²) in [4.78, 5) is 11.0. The highest BCUT2D eigenvalue weighted by Gasteiger charge is 2.15. The Labute approximate surface area is 99.6 Å². The number of ether oxygens (including phenoxy) is 2. The van der Waals surface area contributed by atoms with E-state index in [0.29, 0.717) is 12.2 Å². The first-order chi connectivity index (χ1) is 8.08. The minimum absolute atomic E-state index is 0.000804. The Morgan fingerprint density at radius 1 is 1.47 bits per heavy atom. The second kappa shape index (κ2) is 6.10. The Morgan fingerprint density at radius 3 is 2.76 bits per heavy atom. The predicted molar refractivity (Wildman–Crippen MR) is 60.9 cm³/mol. The summed E-state index contributed by atoms with van der Waals surface area (Å²) in [5.41, 5.74) is 0.497. The van der Waals surface area contributed by atoms with Gasteiger partial charge >= 0.3 is 5.97 Å². The van der Waals surface area contributed by atoms with Crippen molar-refractivity contribution < 1.29 is 24.5 Å². The number of aliphatic hydroxyl groups excluding tert-OH is 1. The van der Waals surface area contributed by atoms with Gasteiger partial charge < -0.3 is 19.7 Å². The van der Waals surface area contributed by atoms with Crippen molar-refractivity contribution in [3.05, 3.63) is 23.8 Å². The summed E-state index contributed by atoms with van der Waals surface area (Å²) < 4.78 is 9.65. The minimum atomic E-state index is -0.970. The first-order valence-electron chi connectivity index (χ1n) is 5.29. The van der Waals surface area contributed by atoms with Crippen LogP contribution in [0.25, 0.3) is 0 Å². The zero-order chi connectivity index (χ0) is 12.8. The number of methoxy groups -OCH3 is 1. The first-order valence-corrected chi connectivity index (χ1v) is 5.29. The third kappa shape index (κ3) is 3.64. The zero-order valence-electron chi connectivity index (χ0n) is 9.84. The zero-order valence-corrected chi connectivity index (χ0v) is 9.84. The van der Waals surface area contributed by atoms with E-state index in [2.05, 4.69) is 4.74 Å². The van der Waals surface area contributed by atoms with Crippen LogP contribution in [0, 0.1) is 0 Å². The Morgan fingerprint density at radius 2 is 2.18 bits per heavy atom. The maximum absolute atomic E-state index is 11.0. The molecule has 0 aliphatic rings. The average Bonchev–Trinajstić information content (AvgIpc) is 2.32. The highest BCUT2D eigenvalue weighted by atomic mass is 16.5. The lowest BCUT2D eigenvalue weighted by molar-refractivity contribution is -0.142. The normalized spacial score (nSPS) is 11.9. The number of hydrogen-bond donors (Lipinski definition) is 2. The molecule has 1 rings (SSSR count). The van der Waals surface area contributed by atoms with Crippen LogP contribution in [0.4, 0.5) is 0 Å². The Kier molecular flexibility index (Phi) is 4.78. The number of phenolic OH excluding ortho intramolecular Hbond substituents is 1. The number of rotatable bonds is 5. The van der Waals surface area contributed by atoms with E-state index in [1.165, 1.54) is 25.3 Å². The monoisotopic (exact) mass is 240 g/mol. The van der Waals surface area contributed by atoms with Crippen molar-refractivity contribution in [3.63, 3.8) is 0 Å².